The lowest BCUT2D eigenvalue weighted by Gasteiger charge is -2.20. The van der Waals surface area contributed by atoms with Crippen LogP contribution in [0.5, 0.6) is 5.75 Å². The van der Waals surface area contributed by atoms with Crippen LogP contribution in [-0.2, 0) is 30.5 Å². The molecule has 0 saturated heterocycles. The van der Waals surface area contributed by atoms with Gasteiger partial charge < -0.3 is 9.47 Å². The molecule has 0 saturated carbocycles. The lowest BCUT2D eigenvalue weighted by Crippen LogP contribution is -2.42. The zero-order chi connectivity index (χ0) is 24.1. The molecule has 0 amide bonds. The Morgan fingerprint density at radius 3 is 1.82 bits per heavy atom. The molecule has 1 N–H and O–H groups in total. The molecule has 0 aliphatic carbocycles. The summed E-state index contributed by atoms with van der Waals surface area (Å²) in [6.45, 7) is -0.0526. The van der Waals surface area contributed by atoms with Crippen molar-refractivity contribution in [3.8, 4) is 5.75 Å². The van der Waals surface area contributed by atoms with Gasteiger partial charge in [0, 0.05) is 0 Å². The van der Waals surface area contributed by atoms with E-state index < -0.39 is 34.1 Å². The molecule has 1 unspecified atom stereocenters. The van der Waals surface area contributed by atoms with Crippen molar-refractivity contribution < 1.29 is 36.0 Å². The van der Waals surface area contributed by atoms with E-state index in [2.05, 4.69) is 4.74 Å². The molecular weight excluding hydrogens is 474 g/mol. The maximum absolute atomic E-state index is 13.5. The molecule has 0 heterocycles. The molecule has 0 spiro atoms. The zero-order valence-electron chi connectivity index (χ0n) is 17.4. The fourth-order valence-corrected chi connectivity index (χ4v) is 5.40. The van der Waals surface area contributed by atoms with E-state index in [0.717, 1.165) is 14.7 Å². The number of carbonyl (C=O) groups is 1. The van der Waals surface area contributed by atoms with Crippen LogP contribution in [0.25, 0.3) is 0 Å². The summed E-state index contributed by atoms with van der Waals surface area (Å²) in [4.78, 5) is 15.0. The minimum atomic E-state index is -5.72. The summed E-state index contributed by atoms with van der Waals surface area (Å²) >= 11 is 0. The van der Waals surface area contributed by atoms with Crippen molar-refractivity contribution in [2.45, 2.75) is 33.0 Å². The molecule has 0 aliphatic heterocycles. The summed E-state index contributed by atoms with van der Waals surface area (Å²) in [5, 5.41) is -4.63. The molecule has 10 heteroatoms. The first kappa shape index (κ1) is 24.7. The van der Waals surface area contributed by atoms with Gasteiger partial charge in [0.1, 0.15) is 5.75 Å². The predicted molar refractivity (Wildman–Crippen MR) is 119 cm³/mol. The Hall–Kier alpha value is -2.95. The van der Waals surface area contributed by atoms with Gasteiger partial charge in [-0.15, -0.1) is 0 Å². The highest BCUT2D eigenvalue weighted by molar-refractivity contribution is 7.97. The monoisotopic (exact) mass is 495 g/mol. The van der Waals surface area contributed by atoms with Gasteiger partial charge in [0.25, 0.3) is 0 Å². The Bertz CT molecular complexity index is 1130. The average molecular weight is 496 g/mol. The van der Waals surface area contributed by atoms with E-state index in [-0.39, 0.29) is 10.9 Å². The number of ether oxygens (including phenoxy) is 2. The number of alkyl halides is 2. The summed E-state index contributed by atoms with van der Waals surface area (Å²) in [7, 11) is -6.10. The van der Waals surface area contributed by atoms with Crippen molar-refractivity contribution >= 4 is 27.0 Å². The van der Waals surface area contributed by atoms with Crippen LogP contribution in [0, 0.1) is 0 Å². The smallest absolute Gasteiger partial charge is 0.405 e. The minimum absolute atomic E-state index is 0.301. The van der Waals surface area contributed by atoms with Crippen LogP contribution in [0.15, 0.2) is 99.6 Å². The average Bonchev–Trinajstić information content (AvgIpc) is 2.79. The maximum atomic E-state index is 13.5. The van der Waals surface area contributed by atoms with E-state index in [9.17, 15) is 22.0 Å². The molecule has 33 heavy (non-hydrogen) atoms. The van der Waals surface area contributed by atoms with Crippen LogP contribution in [0.1, 0.15) is 6.92 Å². The van der Waals surface area contributed by atoms with Crippen LogP contribution in [0.4, 0.5) is 8.78 Å². The van der Waals surface area contributed by atoms with Crippen LogP contribution >= 0.6 is 0 Å². The second-order valence-corrected chi connectivity index (χ2v) is 10.4. The highest BCUT2D eigenvalue weighted by Gasteiger charge is 2.52. The molecular formula is C23H21F2O6S2+. The van der Waals surface area contributed by atoms with Gasteiger partial charge in [-0.1, -0.05) is 36.4 Å². The molecule has 3 aromatic rings. The summed E-state index contributed by atoms with van der Waals surface area (Å²) < 4.78 is 66.7. The Morgan fingerprint density at radius 1 is 0.909 bits per heavy atom. The number of carbonyl (C=O) groups excluding carboxylic acids is 1. The highest BCUT2D eigenvalue weighted by Crippen LogP contribution is 2.32. The lowest BCUT2D eigenvalue weighted by atomic mass is 10.3. The van der Waals surface area contributed by atoms with Crippen molar-refractivity contribution in [3.05, 3.63) is 84.9 Å². The first-order valence-electron chi connectivity index (χ1n) is 9.71. The summed E-state index contributed by atoms with van der Waals surface area (Å²) in [6, 6.07) is 26.9. The van der Waals surface area contributed by atoms with Gasteiger partial charge in [-0.3, -0.25) is 4.55 Å². The van der Waals surface area contributed by atoms with E-state index >= 15 is 0 Å². The summed E-state index contributed by atoms with van der Waals surface area (Å²) in [5.74, 6) is -0.905. The molecule has 0 aromatic heterocycles. The number of hydrogen-bond acceptors (Lipinski definition) is 5. The summed E-state index contributed by atoms with van der Waals surface area (Å²) in [5.41, 5.74) is 0. The highest BCUT2D eigenvalue weighted by atomic mass is 32.2. The SMILES string of the molecule is CC(OC(=O)COc1ccc([S+](c2ccccc2)c2ccccc2)cc1)C(F)(F)S(=O)(=O)O. The molecule has 0 aliphatic rings. The molecule has 0 bridgehead atoms. The second-order valence-electron chi connectivity index (χ2n) is 6.86. The van der Waals surface area contributed by atoms with Crippen molar-refractivity contribution in [3.63, 3.8) is 0 Å². The molecule has 0 radical (unpaired) electrons. The lowest BCUT2D eigenvalue weighted by molar-refractivity contribution is -0.161. The third-order valence-corrected chi connectivity index (χ3v) is 7.75. The Kier molecular flexibility index (Phi) is 7.72. The predicted octanol–water partition coefficient (Wildman–Crippen LogP) is 4.57. The fraction of sp³-hybridized carbons (Fsp3) is 0.174. The third-order valence-electron chi connectivity index (χ3n) is 4.50. The number of benzene rings is 3. The molecule has 1 atom stereocenters. The minimum Gasteiger partial charge on any atom is -0.482 e. The van der Waals surface area contributed by atoms with Gasteiger partial charge in [-0.2, -0.15) is 17.2 Å². The number of hydrogen-bond donors (Lipinski definition) is 1. The second kappa shape index (κ2) is 10.3. The molecule has 3 rings (SSSR count). The molecule has 6 nitrogen and oxygen atoms in total. The van der Waals surface area contributed by atoms with Gasteiger partial charge in [0.2, 0.25) is 0 Å². The van der Waals surface area contributed by atoms with Crippen molar-refractivity contribution in [2.24, 2.45) is 0 Å². The van der Waals surface area contributed by atoms with Gasteiger partial charge >= 0.3 is 21.3 Å². The number of esters is 1. The Balaban J connectivity index is 1.69. The standard InChI is InChI=1S/C23H20F2O6S2/c1-17(23(24,25)33(27,28)29)31-22(26)16-30-18-12-14-21(15-13-18)32(19-8-4-2-5-9-19)20-10-6-3-7-11-20/h2-15,17H,16H2,1H3/p+1. The fourth-order valence-electron chi connectivity index (χ4n) is 2.85. The van der Waals surface area contributed by atoms with Gasteiger partial charge in [-0.25, -0.2) is 4.79 Å². The normalized spacial score (nSPS) is 12.9. The first-order valence-corrected chi connectivity index (χ1v) is 12.4. The number of halogens is 2. The van der Waals surface area contributed by atoms with Crippen LogP contribution in [-0.4, -0.2) is 36.9 Å². The van der Waals surface area contributed by atoms with Crippen molar-refractivity contribution in [2.75, 3.05) is 6.61 Å². The first-order chi connectivity index (χ1) is 15.6. The Labute approximate surface area is 193 Å². The largest absolute Gasteiger partial charge is 0.482 e. The van der Waals surface area contributed by atoms with Gasteiger partial charge in [-0.05, 0) is 55.5 Å². The zero-order valence-corrected chi connectivity index (χ0v) is 19.1. The van der Waals surface area contributed by atoms with Crippen LogP contribution < -0.4 is 4.74 Å². The number of rotatable bonds is 9. The topological polar surface area (TPSA) is 89.9 Å². The maximum Gasteiger partial charge on any atom is 0.405 e. The van der Waals surface area contributed by atoms with Crippen LogP contribution in [0.3, 0.4) is 0 Å². The molecule has 174 valence electrons. The van der Waals surface area contributed by atoms with E-state index in [1.165, 1.54) is 0 Å². The van der Waals surface area contributed by atoms with Crippen molar-refractivity contribution in [1.82, 2.24) is 0 Å². The van der Waals surface area contributed by atoms with Gasteiger partial charge in [0.15, 0.2) is 27.4 Å². The Morgan fingerprint density at radius 2 is 1.36 bits per heavy atom. The van der Waals surface area contributed by atoms with Crippen LogP contribution in [0.2, 0.25) is 0 Å². The van der Waals surface area contributed by atoms with Gasteiger partial charge in [0.05, 0.1) is 10.9 Å². The van der Waals surface area contributed by atoms with E-state index in [4.69, 9.17) is 9.29 Å². The van der Waals surface area contributed by atoms with E-state index in [1.54, 1.807) is 12.1 Å². The third kappa shape index (κ3) is 6.10. The quantitative estimate of drug-likeness (QED) is 0.266. The van der Waals surface area contributed by atoms with E-state index in [0.29, 0.717) is 12.7 Å². The molecule has 0 fully saturated rings. The van der Waals surface area contributed by atoms with Crippen molar-refractivity contribution in [1.29, 1.82) is 0 Å². The van der Waals surface area contributed by atoms with E-state index in [1.807, 2.05) is 72.8 Å². The summed E-state index contributed by atoms with van der Waals surface area (Å²) in [6.07, 6.45) is -2.38. The molecule has 3 aromatic carbocycles.